The molecule has 5 heteroatoms. The van der Waals surface area contributed by atoms with E-state index < -0.39 is 18.2 Å². The SMILES string of the molecule is CCCC/C=C/CC/C=C/CC/C=C/C(O)C(CO)NC(=O)CC(O)C/C=C\CCCCCC. The Morgan fingerprint density at radius 2 is 1.29 bits per heavy atom. The Kier molecular flexibility index (Phi) is 23.2. The van der Waals surface area contributed by atoms with E-state index in [0.717, 1.165) is 38.5 Å². The molecule has 34 heavy (non-hydrogen) atoms. The second-order valence-electron chi connectivity index (χ2n) is 8.93. The van der Waals surface area contributed by atoms with E-state index in [1.807, 2.05) is 12.2 Å². The lowest BCUT2D eigenvalue weighted by atomic mass is 10.1. The molecule has 0 heterocycles. The summed E-state index contributed by atoms with van der Waals surface area (Å²) in [6, 6.07) is -0.778. The van der Waals surface area contributed by atoms with Crippen LogP contribution in [0.4, 0.5) is 0 Å². The van der Waals surface area contributed by atoms with E-state index in [9.17, 15) is 20.1 Å². The quantitative estimate of drug-likeness (QED) is 0.115. The first-order valence-corrected chi connectivity index (χ1v) is 13.4. The Morgan fingerprint density at radius 1 is 0.735 bits per heavy atom. The third-order valence-electron chi connectivity index (χ3n) is 5.57. The molecule has 196 valence electrons. The molecule has 0 aliphatic rings. The summed E-state index contributed by atoms with van der Waals surface area (Å²) < 4.78 is 0. The fourth-order valence-electron chi connectivity index (χ4n) is 3.41. The van der Waals surface area contributed by atoms with Gasteiger partial charge in [-0.3, -0.25) is 4.79 Å². The molecular formula is C29H51NO4. The second kappa shape index (κ2) is 24.4. The van der Waals surface area contributed by atoms with Gasteiger partial charge in [0.05, 0.1) is 31.3 Å². The van der Waals surface area contributed by atoms with Crippen LogP contribution in [-0.4, -0.2) is 46.1 Å². The summed E-state index contributed by atoms with van der Waals surface area (Å²) in [6.07, 6.45) is 28.2. The van der Waals surface area contributed by atoms with Gasteiger partial charge in [-0.1, -0.05) is 94.6 Å². The largest absolute Gasteiger partial charge is 0.394 e. The fourth-order valence-corrected chi connectivity index (χ4v) is 3.41. The number of nitrogens with one attached hydrogen (secondary N) is 1. The number of hydrogen-bond donors (Lipinski definition) is 4. The predicted octanol–water partition coefficient (Wildman–Crippen LogP) is 5.91. The minimum atomic E-state index is -0.966. The molecule has 0 spiro atoms. The van der Waals surface area contributed by atoms with Crippen LogP contribution in [0.15, 0.2) is 48.6 Å². The molecule has 1 amide bonds. The highest BCUT2D eigenvalue weighted by Gasteiger charge is 2.19. The monoisotopic (exact) mass is 477 g/mol. The summed E-state index contributed by atoms with van der Waals surface area (Å²) in [4.78, 5) is 12.2. The Labute approximate surface area is 208 Å². The Balaban J connectivity index is 4.05. The Morgan fingerprint density at radius 3 is 1.91 bits per heavy atom. The van der Waals surface area contributed by atoms with Crippen molar-refractivity contribution in [1.29, 1.82) is 0 Å². The number of aliphatic hydroxyl groups excluding tert-OH is 3. The molecule has 0 fully saturated rings. The minimum Gasteiger partial charge on any atom is -0.394 e. The van der Waals surface area contributed by atoms with Crippen LogP contribution in [0.1, 0.15) is 104 Å². The number of rotatable bonds is 22. The first kappa shape index (κ1) is 32.3. The number of aliphatic hydroxyl groups is 3. The lowest BCUT2D eigenvalue weighted by Gasteiger charge is -2.20. The summed E-state index contributed by atoms with van der Waals surface area (Å²) in [7, 11) is 0. The number of unbranched alkanes of at least 4 members (excludes halogenated alkanes) is 8. The maximum atomic E-state index is 12.2. The van der Waals surface area contributed by atoms with Gasteiger partial charge in [-0.25, -0.2) is 0 Å². The van der Waals surface area contributed by atoms with E-state index >= 15 is 0 Å². The van der Waals surface area contributed by atoms with Gasteiger partial charge in [0.2, 0.25) is 5.91 Å². The Bertz CT molecular complexity index is 583. The molecule has 0 aliphatic heterocycles. The van der Waals surface area contributed by atoms with Crippen LogP contribution >= 0.6 is 0 Å². The number of amides is 1. The van der Waals surface area contributed by atoms with Crippen molar-refractivity contribution < 1.29 is 20.1 Å². The highest BCUT2D eigenvalue weighted by Crippen LogP contribution is 2.06. The summed E-state index contributed by atoms with van der Waals surface area (Å²) >= 11 is 0. The molecule has 0 aromatic carbocycles. The topological polar surface area (TPSA) is 89.8 Å². The number of hydrogen-bond acceptors (Lipinski definition) is 4. The maximum Gasteiger partial charge on any atom is 0.223 e. The van der Waals surface area contributed by atoms with Crippen molar-refractivity contribution in [2.24, 2.45) is 0 Å². The highest BCUT2D eigenvalue weighted by atomic mass is 16.3. The van der Waals surface area contributed by atoms with E-state index in [0.29, 0.717) is 6.42 Å². The smallest absolute Gasteiger partial charge is 0.223 e. The van der Waals surface area contributed by atoms with Gasteiger partial charge in [-0.05, 0) is 51.4 Å². The van der Waals surface area contributed by atoms with Crippen molar-refractivity contribution in [2.75, 3.05) is 6.61 Å². The minimum absolute atomic E-state index is 0.0499. The van der Waals surface area contributed by atoms with E-state index in [2.05, 4.69) is 49.5 Å². The molecule has 0 rings (SSSR count). The van der Waals surface area contributed by atoms with Gasteiger partial charge in [-0.15, -0.1) is 0 Å². The van der Waals surface area contributed by atoms with Gasteiger partial charge in [0.25, 0.3) is 0 Å². The van der Waals surface area contributed by atoms with Crippen LogP contribution in [0.5, 0.6) is 0 Å². The van der Waals surface area contributed by atoms with Crippen LogP contribution in [0, 0.1) is 0 Å². The molecule has 0 bridgehead atoms. The van der Waals surface area contributed by atoms with Gasteiger partial charge in [0, 0.05) is 0 Å². The molecule has 3 atom stereocenters. The van der Waals surface area contributed by atoms with Crippen molar-refractivity contribution >= 4 is 5.91 Å². The van der Waals surface area contributed by atoms with E-state index in [1.54, 1.807) is 6.08 Å². The Hall–Kier alpha value is -1.69. The second-order valence-corrected chi connectivity index (χ2v) is 8.93. The standard InChI is InChI=1S/C29H51NO4/c1-3-5-7-9-11-12-13-14-15-17-19-21-23-28(33)27(25-31)30-29(34)24-26(32)22-20-18-16-10-8-6-4-2/h9,11,14-15,18,20-21,23,26-28,31-33H,3-8,10,12-13,16-17,19,22,24-25H2,1-2H3,(H,30,34)/b11-9+,15-14+,20-18-,23-21+. The molecule has 0 saturated carbocycles. The van der Waals surface area contributed by atoms with E-state index in [-0.39, 0.29) is 18.9 Å². The van der Waals surface area contributed by atoms with Crippen molar-refractivity contribution in [3.05, 3.63) is 48.6 Å². The fraction of sp³-hybridized carbons (Fsp3) is 0.690. The van der Waals surface area contributed by atoms with Crippen LogP contribution in [-0.2, 0) is 4.79 Å². The number of carbonyl (C=O) groups excluding carboxylic acids is 1. The van der Waals surface area contributed by atoms with Crippen molar-refractivity contribution in [2.45, 2.75) is 122 Å². The molecule has 3 unspecified atom stereocenters. The summed E-state index contributed by atoms with van der Waals surface area (Å²) in [5, 5.41) is 32.5. The molecule has 0 saturated heterocycles. The van der Waals surface area contributed by atoms with Gasteiger partial charge < -0.3 is 20.6 Å². The zero-order chi connectivity index (χ0) is 25.3. The van der Waals surface area contributed by atoms with Gasteiger partial charge in [-0.2, -0.15) is 0 Å². The van der Waals surface area contributed by atoms with Crippen LogP contribution in [0.25, 0.3) is 0 Å². The number of allylic oxidation sites excluding steroid dienone is 6. The first-order valence-electron chi connectivity index (χ1n) is 13.4. The zero-order valence-corrected chi connectivity index (χ0v) is 21.7. The van der Waals surface area contributed by atoms with Crippen LogP contribution < -0.4 is 5.32 Å². The molecule has 5 nitrogen and oxygen atoms in total. The third kappa shape index (κ3) is 20.9. The van der Waals surface area contributed by atoms with Crippen molar-refractivity contribution in [3.8, 4) is 0 Å². The average molecular weight is 478 g/mol. The third-order valence-corrected chi connectivity index (χ3v) is 5.57. The molecule has 0 aliphatic carbocycles. The highest BCUT2D eigenvalue weighted by molar-refractivity contribution is 5.76. The average Bonchev–Trinajstić information content (AvgIpc) is 2.82. The summed E-state index contributed by atoms with van der Waals surface area (Å²) in [5.41, 5.74) is 0. The lowest BCUT2D eigenvalue weighted by molar-refractivity contribution is -0.124. The van der Waals surface area contributed by atoms with Crippen LogP contribution in [0.2, 0.25) is 0 Å². The van der Waals surface area contributed by atoms with Gasteiger partial charge >= 0.3 is 0 Å². The maximum absolute atomic E-state index is 12.2. The summed E-state index contributed by atoms with van der Waals surface area (Å²) in [5.74, 6) is -0.373. The molecule has 4 N–H and O–H groups in total. The van der Waals surface area contributed by atoms with Crippen molar-refractivity contribution in [3.63, 3.8) is 0 Å². The molecule has 0 radical (unpaired) electrons. The first-order chi connectivity index (χ1) is 16.5. The van der Waals surface area contributed by atoms with Gasteiger partial charge in [0.15, 0.2) is 0 Å². The van der Waals surface area contributed by atoms with Crippen molar-refractivity contribution in [1.82, 2.24) is 5.32 Å². The number of carbonyl (C=O) groups is 1. The van der Waals surface area contributed by atoms with E-state index in [1.165, 1.54) is 38.5 Å². The van der Waals surface area contributed by atoms with Gasteiger partial charge in [0.1, 0.15) is 0 Å². The molecule has 0 aromatic rings. The van der Waals surface area contributed by atoms with E-state index in [4.69, 9.17) is 0 Å². The molecular weight excluding hydrogens is 426 g/mol. The lowest BCUT2D eigenvalue weighted by Crippen LogP contribution is -2.45. The summed E-state index contributed by atoms with van der Waals surface area (Å²) in [6.45, 7) is 4.02. The normalized spacial score (nSPS) is 15.1. The molecule has 0 aromatic heterocycles. The van der Waals surface area contributed by atoms with Crippen LogP contribution in [0.3, 0.4) is 0 Å². The zero-order valence-electron chi connectivity index (χ0n) is 21.7. The predicted molar refractivity (Wildman–Crippen MR) is 144 cm³/mol.